The lowest BCUT2D eigenvalue weighted by molar-refractivity contribution is 0.191. The first-order valence-corrected chi connectivity index (χ1v) is 7.11. The fourth-order valence-electron chi connectivity index (χ4n) is 3.84. The van der Waals surface area contributed by atoms with Crippen molar-refractivity contribution in [2.75, 3.05) is 0 Å². The van der Waals surface area contributed by atoms with Crippen molar-refractivity contribution in [2.45, 2.75) is 63.3 Å². The summed E-state index contributed by atoms with van der Waals surface area (Å²) < 4.78 is 0. The van der Waals surface area contributed by atoms with Crippen LogP contribution in [-0.2, 0) is 0 Å². The molecule has 1 heterocycles. The zero-order valence-electron chi connectivity index (χ0n) is 9.80. The molecule has 3 aliphatic rings. The molecule has 3 rings (SSSR count). The van der Waals surface area contributed by atoms with Gasteiger partial charge in [0.1, 0.15) is 0 Å². The molecule has 0 amide bonds. The first-order valence-electron chi connectivity index (χ1n) is 6.70. The minimum Gasteiger partial charge on any atom is -0.355 e. The molecule has 2 fully saturated rings. The topological polar surface area (TPSA) is 24.4 Å². The largest absolute Gasteiger partial charge is 0.355 e. The summed E-state index contributed by atoms with van der Waals surface area (Å²) in [5.74, 6) is 0.688. The fraction of sp³-hybridized carbons (Fsp3) is 0.846. The molecule has 0 aromatic carbocycles. The van der Waals surface area contributed by atoms with Crippen LogP contribution in [0.3, 0.4) is 0 Å². The van der Waals surface area contributed by atoms with Crippen molar-refractivity contribution >= 4 is 23.0 Å². The highest BCUT2D eigenvalue weighted by Crippen LogP contribution is 2.42. The van der Waals surface area contributed by atoms with E-state index in [0.29, 0.717) is 11.5 Å². The standard InChI is InChI=1S/C13H20N2S/c16-12-14-11-7-3-2-6-10(11)13(15-12)8-4-1-5-9-13/h10H,1-9H2,(H,15,16). The van der Waals surface area contributed by atoms with Crippen molar-refractivity contribution in [3.05, 3.63) is 0 Å². The minimum absolute atomic E-state index is 0.298. The number of rotatable bonds is 0. The second-order valence-electron chi connectivity index (χ2n) is 5.55. The first kappa shape index (κ1) is 10.7. The van der Waals surface area contributed by atoms with E-state index < -0.39 is 0 Å². The number of hydrogen-bond acceptors (Lipinski definition) is 1. The molecule has 2 saturated carbocycles. The highest BCUT2D eigenvalue weighted by molar-refractivity contribution is 7.80. The molecule has 0 aromatic rings. The molecule has 16 heavy (non-hydrogen) atoms. The van der Waals surface area contributed by atoms with Crippen LogP contribution in [0.5, 0.6) is 0 Å². The molecule has 0 radical (unpaired) electrons. The summed E-state index contributed by atoms with van der Waals surface area (Å²) in [6.07, 6.45) is 11.9. The minimum atomic E-state index is 0.298. The van der Waals surface area contributed by atoms with Crippen LogP contribution >= 0.6 is 12.2 Å². The number of nitrogens with zero attached hydrogens (tertiary/aromatic N) is 1. The summed E-state index contributed by atoms with van der Waals surface area (Å²) in [5, 5.41) is 4.33. The Labute approximate surface area is 103 Å². The van der Waals surface area contributed by atoms with Gasteiger partial charge >= 0.3 is 0 Å². The summed E-state index contributed by atoms with van der Waals surface area (Å²) in [6, 6.07) is 0. The van der Waals surface area contributed by atoms with Crippen molar-refractivity contribution in [2.24, 2.45) is 10.9 Å². The Morgan fingerprint density at radius 1 is 1.12 bits per heavy atom. The van der Waals surface area contributed by atoms with E-state index in [1.807, 2.05) is 0 Å². The number of thiocarbonyl (C=S) groups is 1. The van der Waals surface area contributed by atoms with Gasteiger partial charge in [-0.3, -0.25) is 0 Å². The van der Waals surface area contributed by atoms with E-state index >= 15 is 0 Å². The lowest BCUT2D eigenvalue weighted by Gasteiger charge is -2.49. The predicted octanol–water partition coefficient (Wildman–Crippen LogP) is 3.21. The van der Waals surface area contributed by atoms with Crippen molar-refractivity contribution in [1.82, 2.24) is 5.32 Å². The molecular formula is C13H20N2S. The molecule has 1 spiro atoms. The highest BCUT2D eigenvalue weighted by Gasteiger charge is 2.45. The molecule has 3 heteroatoms. The zero-order valence-corrected chi connectivity index (χ0v) is 10.6. The van der Waals surface area contributed by atoms with Crippen molar-refractivity contribution in [3.8, 4) is 0 Å². The summed E-state index contributed by atoms with van der Waals surface area (Å²) in [7, 11) is 0. The lowest BCUT2D eigenvalue weighted by atomic mass is 9.66. The molecule has 0 aromatic heterocycles. The monoisotopic (exact) mass is 236 g/mol. The van der Waals surface area contributed by atoms with E-state index in [0.717, 1.165) is 5.11 Å². The lowest BCUT2D eigenvalue weighted by Crippen LogP contribution is -2.60. The van der Waals surface area contributed by atoms with Gasteiger partial charge in [-0.25, -0.2) is 4.99 Å². The van der Waals surface area contributed by atoms with E-state index in [-0.39, 0.29) is 0 Å². The summed E-state index contributed by atoms with van der Waals surface area (Å²) in [4.78, 5) is 4.59. The van der Waals surface area contributed by atoms with Crippen LogP contribution in [0.2, 0.25) is 0 Å². The second kappa shape index (κ2) is 4.10. The summed E-state index contributed by atoms with van der Waals surface area (Å²) in [5.41, 5.74) is 1.71. The van der Waals surface area contributed by atoms with Crippen LogP contribution in [0.1, 0.15) is 57.8 Å². The van der Waals surface area contributed by atoms with Gasteiger partial charge in [0, 0.05) is 17.2 Å². The van der Waals surface area contributed by atoms with Crippen LogP contribution in [0.25, 0.3) is 0 Å². The van der Waals surface area contributed by atoms with Gasteiger partial charge in [0.2, 0.25) is 0 Å². The number of hydrogen-bond donors (Lipinski definition) is 1. The predicted molar refractivity (Wildman–Crippen MR) is 70.9 cm³/mol. The molecule has 0 saturated heterocycles. The van der Waals surface area contributed by atoms with Crippen molar-refractivity contribution in [3.63, 3.8) is 0 Å². The third-order valence-electron chi connectivity index (χ3n) is 4.59. The zero-order chi connectivity index (χ0) is 11.0. The number of nitrogens with one attached hydrogen (secondary N) is 1. The maximum absolute atomic E-state index is 5.33. The van der Waals surface area contributed by atoms with Crippen LogP contribution < -0.4 is 5.32 Å². The van der Waals surface area contributed by atoms with Gasteiger partial charge in [-0.05, 0) is 44.3 Å². The average Bonchev–Trinajstić information content (AvgIpc) is 2.30. The van der Waals surface area contributed by atoms with Gasteiger partial charge in [-0.2, -0.15) is 0 Å². The van der Waals surface area contributed by atoms with Gasteiger partial charge < -0.3 is 5.32 Å². The Morgan fingerprint density at radius 2 is 1.94 bits per heavy atom. The van der Waals surface area contributed by atoms with Gasteiger partial charge in [0.15, 0.2) is 5.11 Å². The van der Waals surface area contributed by atoms with Crippen LogP contribution in [0, 0.1) is 5.92 Å². The quantitative estimate of drug-likeness (QED) is 0.653. The maximum atomic E-state index is 5.33. The Kier molecular flexibility index (Phi) is 2.74. The first-order chi connectivity index (χ1) is 7.80. The average molecular weight is 236 g/mol. The van der Waals surface area contributed by atoms with E-state index in [9.17, 15) is 0 Å². The molecule has 2 nitrogen and oxygen atoms in total. The third-order valence-corrected chi connectivity index (χ3v) is 4.79. The molecular weight excluding hydrogens is 216 g/mol. The summed E-state index contributed by atoms with van der Waals surface area (Å²) >= 11 is 5.33. The van der Waals surface area contributed by atoms with E-state index in [1.165, 1.54) is 63.5 Å². The molecule has 1 atom stereocenters. The maximum Gasteiger partial charge on any atom is 0.193 e. The fourth-order valence-corrected chi connectivity index (χ4v) is 4.16. The normalized spacial score (nSPS) is 32.9. The van der Waals surface area contributed by atoms with E-state index in [4.69, 9.17) is 12.2 Å². The number of fused-ring (bicyclic) bond motifs is 2. The molecule has 1 unspecified atom stereocenters. The molecule has 1 N–H and O–H groups in total. The van der Waals surface area contributed by atoms with Crippen molar-refractivity contribution in [1.29, 1.82) is 0 Å². The van der Waals surface area contributed by atoms with Crippen LogP contribution in [0.15, 0.2) is 4.99 Å². The molecule has 88 valence electrons. The SMILES string of the molecule is S=C1N=C2CCCCC2C2(CCCCC2)N1. The van der Waals surface area contributed by atoms with Crippen LogP contribution in [0.4, 0.5) is 0 Å². The smallest absolute Gasteiger partial charge is 0.193 e. The van der Waals surface area contributed by atoms with Crippen LogP contribution in [-0.4, -0.2) is 16.4 Å². The Morgan fingerprint density at radius 3 is 2.75 bits per heavy atom. The molecule has 2 aliphatic carbocycles. The molecule has 0 bridgehead atoms. The summed E-state index contributed by atoms with van der Waals surface area (Å²) in [6.45, 7) is 0. The van der Waals surface area contributed by atoms with Gasteiger partial charge in [0.25, 0.3) is 0 Å². The number of aliphatic imine (C=N–C) groups is 1. The second-order valence-corrected chi connectivity index (χ2v) is 5.94. The third kappa shape index (κ3) is 1.69. The Balaban J connectivity index is 1.92. The highest BCUT2D eigenvalue weighted by atomic mass is 32.1. The van der Waals surface area contributed by atoms with Gasteiger partial charge in [0.05, 0.1) is 0 Å². The van der Waals surface area contributed by atoms with Crippen molar-refractivity contribution < 1.29 is 0 Å². The Bertz CT molecular complexity index is 329. The van der Waals surface area contributed by atoms with E-state index in [2.05, 4.69) is 10.3 Å². The Hall–Kier alpha value is -0.440. The van der Waals surface area contributed by atoms with E-state index in [1.54, 1.807) is 0 Å². The van der Waals surface area contributed by atoms with Gasteiger partial charge in [-0.1, -0.05) is 25.7 Å². The van der Waals surface area contributed by atoms with Gasteiger partial charge in [-0.15, -0.1) is 0 Å². The molecule has 1 aliphatic heterocycles.